The minimum Gasteiger partial charge on any atom is -0.337 e. The van der Waals surface area contributed by atoms with E-state index < -0.39 is 0 Å². The SMILES string of the molecule is CNCC1CCCN1C(=O)C1CSCCS1.Cl. The number of likely N-dealkylation sites (N-methyl/N-ethyl adjacent to an activating group) is 1. The molecule has 0 aromatic rings. The maximum Gasteiger partial charge on any atom is 0.236 e. The van der Waals surface area contributed by atoms with Gasteiger partial charge in [-0.2, -0.15) is 11.8 Å². The summed E-state index contributed by atoms with van der Waals surface area (Å²) in [5.74, 6) is 3.72. The van der Waals surface area contributed by atoms with Crippen LogP contribution in [0.3, 0.4) is 0 Å². The number of rotatable bonds is 3. The van der Waals surface area contributed by atoms with Gasteiger partial charge in [0.2, 0.25) is 5.91 Å². The molecule has 0 saturated carbocycles. The molecule has 2 aliphatic heterocycles. The fourth-order valence-corrected chi connectivity index (χ4v) is 5.00. The molecule has 0 radical (unpaired) electrons. The summed E-state index contributed by atoms with van der Waals surface area (Å²) in [6, 6.07) is 0.435. The Morgan fingerprint density at radius 1 is 1.47 bits per heavy atom. The molecule has 2 rings (SSSR count). The van der Waals surface area contributed by atoms with E-state index in [9.17, 15) is 4.79 Å². The first-order valence-electron chi connectivity index (χ1n) is 5.97. The average Bonchev–Trinajstić information content (AvgIpc) is 2.78. The summed E-state index contributed by atoms with van der Waals surface area (Å²) in [6.07, 6.45) is 2.33. The molecular formula is C11H21ClN2OS2. The molecule has 3 nitrogen and oxygen atoms in total. The number of carbonyl (C=O) groups excluding carboxylic acids is 1. The van der Waals surface area contributed by atoms with Crippen molar-refractivity contribution in [3.8, 4) is 0 Å². The van der Waals surface area contributed by atoms with E-state index >= 15 is 0 Å². The number of hydrogen-bond donors (Lipinski definition) is 1. The Hall–Kier alpha value is 0.420. The summed E-state index contributed by atoms with van der Waals surface area (Å²) in [4.78, 5) is 14.5. The van der Waals surface area contributed by atoms with Gasteiger partial charge in [0.15, 0.2) is 0 Å². The van der Waals surface area contributed by atoms with Gasteiger partial charge >= 0.3 is 0 Å². The van der Waals surface area contributed by atoms with Crippen molar-refractivity contribution >= 4 is 41.8 Å². The second-order valence-corrected chi connectivity index (χ2v) is 6.78. The lowest BCUT2D eigenvalue weighted by Gasteiger charge is -2.30. The fraction of sp³-hybridized carbons (Fsp3) is 0.909. The van der Waals surface area contributed by atoms with Gasteiger partial charge in [-0.25, -0.2) is 0 Å². The topological polar surface area (TPSA) is 32.3 Å². The van der Waals surface area contributed by atoms with E-state index in [4.69, 9.17) is 0 Å². The molecule has 0 spiro atoms. The number of amides is 1. The molecule has 17 heavy (non-hydrogen) atoms. The second-order valence-electron chi connectivity index (χ2n) is 4.32. The van der Waals surface area contributed by atoms with Gasteiger partial charge in [-0.05, 0) is 19.9 Å². The van der Waals surface area contributed by atoms with Crippen molar-refractivity contribution in [2.45, 2.75) is 24.1 Å². The molecule has 0 bridgehead atoms. The largest absolute Gasteiger partial charge is 0.337 e. The van der Waals surface area contributed by atoms with Crippen LogP contribution in [0.15, 0.2) is 0 Å². The Kier molecular flexibility index (Phi) is 7.07. The van der Waals surface area contributed by atoms with Crippen LogP contribution in [0.25, 0.3) is 0 Å². The van der Waals surface area contributed by atoms with Crippen molar-refractivity contribution in [3.63, 3.8) is 0 Å². The minimum atomic E-state index is 0. The third-order valence-electron chi connectivity index (χ3n) is 3.19. The Balaban J connectivity index is 0.00000144. The van der Waals surface area contributed by atoms with E-state index in [-0.39, 0.29) is 17.7 Å². The van der Waals surface area contributed by atoms with Crippen LogP contribution in [0.4, 0.5) is 0 Å². The molecular weight excluding hydrogens is 276 g/mol. The molecule has 1 N–H and O–H groups in total. The molecule has 2 aliphatic rings. The predicted molar refractivity (Wildman–Crippen MR) is 79.5 cm³/mol. The highest BCUT2D eigenvalue weighted by molar-refractivity contribution is 8.07. The van der Waals surface area contributed by atoms with Gasteiger partial charge in [0.05, 0.1) is 5.25 Å². The Morgan fingerprint density at radius 3 is 2.94 bits per heavy atom. The lowest BCUT2D eigenvalue weighted by molar-refractivity contribution is -0.130. The summed E-state index contributed by atoms with van der Waals surface area (Å²) in [5.41, 5.74) is 0. The first-order valence-corrected chi connectivity index (χ1v) is 8.17. The van der Waals surface area contributed by atoms with Crippen molar-refractivity contribution in [3.05, 3.63) is 0 Å². The van der Waals surface area contributed by atoms with Crippen LogP contribution >= 0.6 is 35.9 Å². The summed E-state index contributed by atoms with van der Waals surface area (Å²) in [6.45, 7) is 1.91. The Bertz CT molecular complexity index is 250. The third kappa shape index (κ3) is 3.94. The highest BCUT2D eigenvalue weighted by atomic mass is 35.5. The van der Waals surface area contributed by atoms with Crippen LogP contribution in [-0.4, -0.2) is 59.5 Å². The molecule has 2 fully saturated rings. The molecule has 1 amide bonds. The van der Waals surface area contributed by atoms with Crippen molar-refractivity contribution in [2.24, 2.45) is 0 Å². The van der Waals surface area contributed by atoms with Crippen LogP contribution in [0.2, 0.25) is 0 Å². The number of carbonyl (C=O) groups is 1. The number of nitrogens with one attached hydrogen (secondary N) is 1. The zero-order valence-corrected chi connectivity index (χ0v) is 12.6. The minimum absolute atomic E-state index is 0. The maximum atomic E-state index is 12.3. The average molecular weight is 297 g/mol. The van der Waals surface area contributed by atoms with Gasteiger partial charge in [0.1, 0.15) is 0 Å². The zero-order valence-electron chi connectivity index (χ0n) is 10.2. The van der Waals surface area contributed by atoms with Gasteiger partial charge in [0.25, 0.3) is 0 Å². The maximum absolute atomic E-state index is 12.3. The monoisotopic (exact) mass is 296 g/mol. The summed E-state index contributed by atoms with van der Waals surface area (Å²) < 4.78 is 0. The smallest absolute Gasteiger partial charge is 0.236 e. The summed E-state index contributed by atoms with van der Waals surface area (Å²) in [5, 5.41) is 3.41. The van der Waals surface area contributed by atoms with E-state index in [0.717, 1.165) is 31.0 Å². The van der Waals surface area contributed by atoms with Crippen molar-refractivity contribution in [2.75, 3.05) is 37.4 Å². The summed E-state index contributed by atoms with van der Waals surface area (Å²) >= 11 is 3.77. The van der Waals surface area contributed by atoms with Crippen molar-refractivity contribution in [1.29, 1.82) is 0 Å². The quantitative estimate of drug-likeness (QED) is 0.855. The number of likely N-dealkylation sites (tertiary alicyclic amines) is 1. The van der Waals surface area contributed by atoms with Gasteiger partial charge in [-0.15, -0.1) is 24.2 Å². The highest BCUT2D eigenvalue weighted by Gasteiger charge is 2.33. The Labute approximate surface area is 118 Å². The lowest BCUT2D eigenvalue weighted by Crippen LogP contribution is -2.46. The molecule has 2 saturated heterocycles. The third-order valence-corrected chi connectivity index (χ3v) is 5.93. The van der Waals surface area contributed by atoms with E-state index in [0.29, 0.717) is 11.9 Å². The molecule has 0 aromatic heterocycles. The van der Waals surface area contributed by atoms with Crippen LogP contribution in [0.1, 0.15) is 12.8 Å². The van der Waals surface area contributed by atoms with Gasteiger partial charge < -0.3 is 10.2 Å². The Morgan fingerprint density at radius 2 is 2.29 bits per heavy atom. The van der Waals surface area contributed by atoms with Crippen LogP contribution < -0.4 is 5.32 Å². The van der Waals surface area contributed by atoms with Gasteiger partial charge in [-0.3, -0.25) is 4.79 Å². The standard InChI is InChI=1S/C11H20N2OS2.ClH/c1-12-7-9-3-2-4-13(9)11(14)10-8-15-5-6-16-10;/h9-10,12H,2-8H2,1H3;1H. The van der Waals surface area contributed by atoms with Crippen molar-refractivity contribution < 1.29 is 4.79 Å². The van der Waals surface area contributed by atoms with Crippen LogP contribution in [-0.2, 0) is 4.79 Å². The van der Waals surface area contributed by atoms with E-state index in [1.807, 2.05) is 30.6 Å². The molecule has 2 atom stereocenters. The lowest BCUT2D eigenvalue weighted by atomic mass is 10.2. The van der Waals surface area contributed by atoms with Gasteiger partial charge in [-0.1, -0.05) is 0 Å². The van der Waals surface area contributed by atoms with Gasteiger partial charge in [0, 0.05) is 36.4 Å². The number of nitrogens with zero attached hydrogens (tertiary/aromatic N) is 1. The predicted octanol–water partition coefficient (Wildman–Crippen LogP) is 1.47. The van der Waals surface area contributed by atoms with E-state index in [1.54, 1.807) is 0 Å². The van der Waals surface area contributed by atoms with E-state index in [2.05, 4.69) is 10.2 Å². The first kappa shape index (κ1) is 15.5. The van der Waals surface area contributed by atoms with Crippen molar-refractivity contribution in [1.82, 2.24) is 10.2 Å². The molecule has 2 unspecified atom stereocenters. The first-order chi connectivity index (χ1) is 7.83. The second kappa shape index (κ2) is 7.77. The molecule has 2 heterocycles. The molecule has 100 valence electrons. The van der Waals surface area contributed by atoms with Crippen LogP contribution in [0, 0.1) is 0 Å². The van der Waals surface area contributed by atoms with Crippen LogP contribution in [0.5, 0.6) is 0 Å². The molecule has 0 aromatic carbocycles. The normalized spacial score (nSPS) is 28.9. The zero-order chi connectivity index (χ0) is 11.4. The highest BCUT2D eigenvalue weighted by Crippen LogP contribution is 2.28. The molecule has 6 heteroatoms. The number of hydrogen-bond acceptors (Lipinski definition) is 4. The number of halogens is 1. The molecule has 0 aliphatic carbocycles. The number of thioether (sulfide) groups is 2. The van der Waals surface area contributed by atoms with E-state index in [1.165, 1.54) is 12.2 Å². The summed E-state index contributed by atoms with van der Waals surface area (Å²) in [7, 11) is 1.96. The fourth-order valence-electron chi connectivity index (χ4n) is 2.39.